The van der Waals surface area contributed by atoms with Gasteiger partial charge in [0.05, 0.1) is 17.1 Å². The van der Waals surface area contributed by atoms with Crippen LogP contribution < -0.4 is 4.31 Å². The van der Waals surface area contributed by atoms with Crippen LogP contribution in [0, 0.1) is 6.92 Å². The minimum absolute atomic E-state index is 0.0388. The average molecular weight is 367 g/mol. The Morgan fingerprint density at radius 2 is 1.68 bits per heavy atom. The number of fused-ring (bicyclic) bond motifs is 1. The predicted molar refractivity (Wildman–Crippen MR) is 104 cm³/mol. The zero-order chi connectivity index (χ0) is 19.4. The second-order valence-electron chi connectivity index (χ2n) is 8.48. The van der Waals surface area contributed by atoms with Crippen molar-refractivity contribution < 1.29 is 8.42 Å². The Morgan fingerprint density at radius 3 is 2.12 bits per heavy atom. The minimum atomic E-state index is -3.39. The maximum absolute atomic E-state index is 12.5. The Kier molecular flexibility index (Phi) is 4.70. The molecule has 0 spiro atoms. The van der Waals surface area contributed by atoms with E-state index in [1.54, 1.807) is 14.0 Å². The fourth-order valence-corrected chi connectivity index (χ4v) is 3.74. The van der Waals surface area contributed by atoms with Crippen molar-refractivity contribution >= 4 is 26.9 Å². The molecule has 0 aromatic carbocycles. The number of anilines is 1. The van der Waals surface area contributed by atoms with Crippen molar-refractivity contribution in [2.24, 2.45) is 0 Å². The number of hydrogen-bond donors (Lipinski definition) is 0. The lowest BCUT2D eigenvalue weighted by molar-refractivity contribution is 0.396. The van der Waals surface area contributed by atoms with E-state index < -0.39 is 10.0 Å². The van der Waals surface area contributed by atoms with Gasteiger partial charge in [-0.1, -0.05) is 20.8 Å². The molecule has 0 N–H and O–H groups in total. The van der Waals surface area contributed by atoms with Crippen LogP contribution in [-0.2, 0) is 21.0 Å². The van der Waals surface area contributed by atoms with Gasteiger partial charge in [0.15, 0.2) is 5.65 Å². The maximum Gasteiger partial charge on any atom is 0.234 e. The van der Waals surface area contributed by atoms with Crippen molar-refractivity contribution in [2.45, 2.75) is 66.3 Å². The van der Waals surface area contributed by atoms with Crippen LogP contribution in [0.25, 0.3) is 11.2 Å². The largest absolute Gasteiger partial charge is 0.307 e. The number of imidazole rings is 1. The number of aryl methyl sites for hydroxylation is 1. The molecule has 7 heteroatoms. The van der Waals surface area contributed by atoms with Crippen molar-refractivity contribution in [3.63, 3.8) is 0 Å². The molecule has 0 saturated carbocycles. The summed E-state index contributed by atoms with van der Waals surface area (Å²) in [4.78, 5) is 9.53. The molecule has 25 heavy (non-hydrogen) atoms. The van der Waals surface area contributed by atoms with E-state index in [4.69, 9.17) is 4.98 Å². The summed E-state index contributed by atoms with van der Waals surface area (Å²) in [5, 5.41) is 0. The molecule has 140 valence electrons. The normalized spacial score (nSPS) is 13.5. The number of hydrogen-bond acceptors (Lipinski definition) is 4. The smallest absolute Gasteiger partial charge is 0.234 e. The summed E-state index contributed by atoms with van der Waals surface area (Å²) >= 11 is 0. The molecule has 0 aliphatic carbocycles. The number of aromatic nitrogens is 3. The summed E-state index contributed by atoms with van der Waals surface area (Å²) in [5.41, 5.74) is 2.37. The minimum Gasteiger partial charge on any atom is -0.307 e. The summed E-state index contributed by atoms with van der Waals surface area (Å²) in [5.74, 6) is 0.863. The molecule has 0 aliphatic heterocycles. The molecule has 2 rings (SSSR count). The summed E-state index contributed by atoms with van der Waals surface area (Å²) < 4.78 is 28.3. The first-order valence-electron chi connectivity index (χ1n) is 8.58. The van der Waals surface area contributed by atoms with Crippen LogP contribution in [0.4, 0.5) is 5.69 Å². The van der Waals surface area contributed by atoms with Gasteiger partial charge >= 0.3 is 0 Å². The van der Waals surface area contributed by atoms with Crippen molar-refractivity contribution in [3.05, 3.63) is 17.6 Å². The Hall–Kier alpha value is -1.63. The molecule has 2 heterocycles. The number of pyridine rings is 1. The van der Waals surface area contributed by atoms with E-state index in [9.17, 15) is 8.42 Å². The van der Waals surface area contributed by atoms with Gasteiger partial charge in [-0.25, -0.2) is 18.4 Å². The number of nitrogens with zero attached hydrogens (tertiary/aromatic N) is 4. The third-order valence-corrected chi connectivity index (χ3v) is 6.08. The number of sulfonamides is 1. The van der Waals surface area contributed by atoms with Crippen molar-refractivity contribution in [1.82, 2.24) is 14.5 Å². The van der Waals surface area contributed by atoms with E-state index >= 15 is 0 Å². The highest BCUT2D eigenvalue weighted by Gasteiger charge is 2.28. The van der Waals surface area contributed by atoms with Gasteiger partial charge in [0, 0.05) is 18.0 Å². The fourth-order valence-electron chi connectivity index (χ4n) is 2.91. The summed E-state index contributed by atoms with van der Waals surface area (Å²) in [6, 6.07) is 1.86. The fraction of sp³-hybridized carbons (Fsp3) is 0.667. The molecule has 0 unspecified atom stereocenters. The summed E-state index contributed by atoms with van der Waals surface area (Å²) in [7, 11) is -1.80. The molecule has 6 nitrogen and oxygen atoms in total. The highest BCUT2D eigenvalue weighted by Crippen LogP contribution is 2.34. The first-order valence-corrected chi connectivity index (χ1v) is 10.2. The molecule has 0 aliphatic rings. The van der Waals surface area contributed by atoms with E-state index in [2.05, 4.69) is 51.1 Å². The number of rotatable bonds is 3. The third kappa shape index (κ3) is 3.52. The first-order chi connectivity index (χ1) is 11.2. The van der Waals surface area contributed by atoms with Crippen LogP contribution in [-0.4, -0.2) is 35.8 Å². The quantitative estimate of drug-likeness (QED) is 0.833. The Balaban J connectivity index is 2.95. The topological polar surface area (TPSA) is 68.1 Å². The van der Waals surface area contributed by atoms with Crippen LogP contribution >= 0.6 is 0 Å². The van der Waals surface area contributed by atoms with E-state index in [0.29, 0.717) is 11.2 Å². The average Bonchev–Trinajstić information content (AvgIpc) is 2.80. The molecule has 2 aromatic heterocycles. The Morgan fingerprint density at radius 1 is 1.12 bits per heavy atom. The molecular weight excluding hydrogens is 336 g/mol. The van der Waals surface area contributed by atoms with Crippen molar-refractivity contribution in [3.8, 4) is 0 Å². The summed E-state index contributed by atoms with van der Waals surface area (Å²) in [6.07, 6.45) is 0. The Bertz CT molecular complexity index is 900. The molecule has 0 amide bonds. The molecular formula is C18H30N4O2S. The van der Waals surface area contributed by atoms with E-state index in [-0.39, 0.29) is 16.7 Å². The van der Waals surface area contributed by atoms with Crippen LogP contribution in [0.3, 0.4) is 0 Å². The predicted octanol–water partition coefficient (Wildman–Crippen LogP) is 3.58. The zero-order valence-electron chi connectivity index (χ0n) is 16.8. The van der Waals surface area contributed by atoms with Crippen LogP contribution in [0.5, 0.6) is 0 Å². The SMILES string of the molecule is CCS(=O)(=O)N(C)c1cc(C(C)(C)C)nc2c1nc(C)n2C(C)(C)C. The second-order valence-corrected chi connectivity index (χ2v) is 10.8. The van der Waals surface area contributed by atoms with Gasteiger partial charge < -0.3 is 4.57 Å². The monoisotopic (exact) mass is 366 g/mol. The maximum atomic E-state index is 12.5. The molecule has 2 aromatic rings. The van der Waals surface area contributed by atoms with Crippen LogP contribution in [0.1, 0.15) is 60.0 Å². The van der Waals surface area contributed by atoms with Gasteiger partial charge in [0.1, 0.15) is 11.3 Å². The van der Waals surface area contributed by atoms with E-state index in [1.165, 1.54) is 4.31 Å². The third-order valence-electron chi connectivity index (χ3n) is 4.32. The van der Waals surface area contributed by atoms with Crippen molar-refractivity contribution in [2.75, 3.05) is 17.1 Å². The van der Waals surface area contributed by atoms with Crippen LogP contribution in [0.15, 0.2) is 6.07 Å². The lowest BCUT2D eigenvalue weighted by Crippen LogP contribution is -2.29. The molecule has 0 bridgehead atoms. The van der Waals surface area contributed by atoms with Gasteiger partial charge in [-0.15, -0.1) is 0 Å². The molecule has 0 atom stereocenters. The molecule has 0 radical (unpaired) electrons. The Labute approximate surface area is 151 Å². The molecule has 0 fully saturated rings. The van der Waals surface area contributed by atoms with Gasteiger partial charge in [0.25, 0.3) is 0 Å². The summed E-state index contributed by atoms with van der Waals surface area (Å²) in [6.45, 7) is 16.1. The zero-order valence-corrected chi connectivity index (χ0v) is 17.6. The van der Waals surface area contributed by atoms with Gasteiger partial charge in [-0.05, 0) is 40.7 Å². The van der Waals surface area contributed by atoms with Gasteiger partial charge in [0.2, 0.25) is 10.0 Å². The molecule has 0 saturated heterocycles. The van der Waals surface area contributed by atoms with Crippen molar-refractivity contribution in [1.29, 1.82) is 0 Å². The highest BCUT2D eigenvalue weighted by molar-refractivity contribution is 7.92. The van der Waals surface area contributed by atoms with Crippen LogP contribution in [0.2, 0.25) is 0 Å². The van der Waals surface area contributed by atoms with E-state index in [0.717, 1.165) is 17.2 Å². The van der Waals surface area contributed by atoms with Gasteiger partial charge in [-0.2, -0.15) is 0 Å². The first kappa shape index (κ1) is 19.7. The standard InChI is InChI=1S/C18H30N4O2S/c1-10-25(23,24)21(9)13-11-14(17(3,4)5)20-16-15(13)19-12(2)22(16)18(6,7)8/h11H,10H2,1-9H3. The lowest BCUT2D eigenvalue weighted by atomic mass is 9.91. The van der Waals surface area contributed by atoms with E-state index in [1.807, 2.05) is 13.0 Å². The lowest BCUT2D eigenvalue weighted by Gasteiger charge is -2.26. The highest BCUT2D eigenvalue weighted by atomic mass is 32.2. The second kappa shape index (κ2) is 5.97. The van der Waals surface area contributed by atoms with Gasteiger partial charge in [-0.3, -0.25) is 4.31 Å².